The molecule has 1 aliphatic carbocycles. The summed E-state index contributed by atoms with van der Waals surface area (Å²) in [6, 6.07) is 7.84. The molecule has 18 heavy (non-hydrogen) atoms. The van der Waals surface area contributed by atoms with E-state index in [4.69, 9.17) is 11.5 Å². The van der Waals surface area contributed by atoms with Gasteiger partial charge in [0.1, 0.15) is 0 Å². The van der Waals surface area contributed by atoms with Gasteiger partial charge in [0.25, 0.3) is 0 Å². The molecular formula is C13H20N2O2S. The lowest BCUT2D eigenvalue weighted by Gasteiger charge is -2.08. The first-order valence-corrected chi connectivity index (χ1v) is 7.85. The van der Waals surface area contributed by atoms with Gasteiger partial charge in [-0.2, -0.15) is 0 Å². The van der Waals surface area contributed by atoms with Gasteiger partial charge in [-0.1, -0.05) is 36.8 Å². The zero-order valence-corrected chi connectivity index (χ0v) is 11.6. The number of nitrogens with two attached hydrogens (primary N) is 2. The second-order valence-corrected chi connectivity index (χ2v) is 7.49. The minimum atomic E-state index is -3.16. The maximum absolute atomic E-state index is 12.1. The Kier molecular flexibility index (Phi) is 3.25. The number of rotatable bonds is 4. The predicted molar refractivity (Wildman–Crippen MR) is 73.1 cm³/mol. The van der Waals surface area contributed by atoms with E-state index in [2.05, 4.69) is 0 Å². The predicted octanol–water partition coefficient (Wildman–Crippen LogP) is 0.552. The quantitative estimate of drug-likeness (QED) is 0.835. The van der Waals surface area contributed by atoms with Crippen LogP contribution < -0.4 is 11.5 Å². The molecule has 1 saturated carbocycles. The van der Waals surface area contributed by atoms with Gasteiger partial charge in [-0.25, -0.2) is 8.42 Å². The van der Waals surface area contributed by atoms with E-state index in [1.165, 1.54) is 0 Å². The maximum Gasteiger partial charge on any atom is 0.155 e. The molecule has 0 aromatic heterocycles. The summed E-state index contributed by atoms with van der Waals surface area (Å²) >= 11 is 0. The second-order valence-electron chi connectivity index (χ2n) is 5.08. The first-order chi connectivity index (χ1) is 8.36. The van der Waals surface area contributed by atoms with E-state index in [-0.39, 0.29) is 18.2 Å². The van der Waals surface area contributed by atoms with Crippen LogP contribution in [-0.4, -0.2) is 31.5 Å². The standard InChI is InChI=1S/C13H20N2O2S/c1-3-18(16,17)12-11(13(12,15)8-14)10-6-4-9(2)5-7-10/h4-7,11-12H,3,8,14-15H2,1-2H3/t11-,12+,13-/m0/s1. The molecule has 1 aromatic carbocycles. The Hall–Kier alpha value is -0.910. The van der Waals surface area contributed by atoms with Crippen LogP contribution in [0.1, 0.15) is 24.0 Å². The van der Waals surface area contributed by atoms with Crippen LogP contribution in [0.2, 0.25) is 0 Å². The highest BCUT2D eigenvalue weighted by Gasteiger charge is 2.67. The van der Waals surface area contributed by atoms with Crippen molar-refractivity contribution in [2.24, 2.45) is 11.5 Å². The average Bonchev–Trinajstić information content (AvgIpc) is 2.98. The Morgan fingerprint density at radius 2 is 1.83 bits per heavy atom. The van der Waals surface area contributed by atoms with Crippen molar-refractivity contribution in [3.05, 3.63) is 35.4 Å². The topological polar surface area (TPSA) is 86.2 Å². The van der Waals surface area contributed by atoms with Crippen LogP contribution in [0.3, 0.4) is 0 Å². The Morgan fingerprint density at radius 3 is 2.28 bits per heavy atom. The van der Waals surface area contributed by atoms with Crippen LogP contribution in [0.4, 0.5) is 0 Å². The molecule has 0 radical (unpaired) electrons. The summed E-state index contributed by atoms with van der Waals surface area (Å²) < 4.78 is 24.1. The van der Waals surface area contributed by atoms with E-state index in [0.717, 1.165) is 11.1 Å². The zero-order chi connectivity index (χ0) is 13.6. The van der Waals surface area contributed by atoms with Gasteiger partial charge in [0.2, 0.25) is 0 Å². The number of sulfone groups is 1. The van der Waals surface area contributed by atoms with Gasteiger partial charge >= 0.3 is 0 Å². The summed E-state index contributed by atoms with van der Waals surface area (Å²) in [6.07, 6.45) is 0. The van der Waals surface area contributed by atoms with Crippen LogP contribution in [-0.2, 0) is 9.84 Å². The SMILES string of the molecule is CCS(=O)(=O)[C@@H]1[C@H](c2ccc(C)cc2)[C@@]1(N)CN. The first-order valence-electron chi connectivity index (χ1n) is 6.14. The van der Waals surface area contributed by atoms with E-state index in [1.54, 1.807) is 6.92 Å². The van der Waals surface area contributed by atoms with Gasteiger partial charge in [-0.3, -0.25) is 0 Å². The fourth-order valence-electron chi connectivity index (χ4n) is 2.65. The molecule has 3 atom stereocenters. The molecule has 0 aliphatic heterocycles. The lowest BCUT2D eigenvalue weighted by Crippen LogP contribution is -2.39. The summed E-state index contributed by atoms with van der Waals surface area (Å²) in [4.78, 5) is 0. The van der Waals surface area contributed by atoms with Crippen LogP contribution >= 0.6 is 0 Å². The molecule has 0 spiro atoms. The minimum Gasteiger partial charge on any atom is -0.329 e. The molecule has 0 saturated heterocycles. The van der Waals surface area contributed by atoms with Gasteiger partial charge in [-0.05, 0) is 12.5 Å². The molecule has 4 N–H and O–H groups in total. The molecule has 0 amide bonds. The summed E-state index contributed by atoms with van der Waals surface area (Å²) in [6.45, 7) is 3.84. The molecule has 0 unspecified atom stereocenters. The van der Waals surface area contributed by atoms with Crippen LogP contribution in [0.5, 0.6) is 0 Å². The normalized spacial score (nSPS) is 31.3. The largest absolute Gasteiger partial charge is 0.329 e. The highest BCUT2D eigenvalue weighted by Crippen LogP contribution is 2.53. The van der Waals surface area contributed by atoms with E-state index < -0.39 is 20.6 Å². The van der Waals surface area contributed by atoms with E-state index in [1.807, 2.05) is 31.2 Å². The van der Waals surface area contributed by atoms with Crippen molar-refractivity contribution in [2.45, 2.75) is 30.6 Å². The number of hydrogen-bond acceptors (Lipinski definition) is 4. The van der Waals surface area contributed by atoms with Gasteiger partial charge < -0.3 is 11.5 Å². The third-order valence-corrected chi connectivity index (χ3v) is 6.17. The Bertz CT molecular complexity index is 539. The van der Waals surface area contributed by atoms with E-state index in [9.17, 15) is 8.42 Å². The Labute approximate surface area is 108 Å². The second kappa shape index (κ2) is 4.33. The molecule has 100 valence electrons. The van der Waals surface area contributed by atoms with Crippen LogP contribution in [0, 0.1) is 6.92 Å². The lowest BCUT2D eigenvalue weighted by atomic mass is 10.1. The fraction of sp³-hybridized carbons (Fsp3) is 0.538. The zero-order valence-electron chi connectivity index (χ0n) is 10.8. The minimum absolute atomic E-state index is 0.110. The molecule has 2 rings (SSSR count). The maximum atomic E-state index is 12.1. The summed E-state index contributed by atoms with van der Waals surface area (Å²) in [5, 5.41) is -0.539. The monoisotopic (exact) mass is 268 g/mol. The van der Waals surface area contributed by atoms with Gasteiger partial charge in [0.15, 0.2) is 9.84 Å². The molecule has 5 heteroatoms. The molecule has 0 heterocycles. The Balaban J connectivity index is 2.37. The Morgan fingerprint density at radius 1 is 1.28 bits per heavy atom. The van der Waals surface area contributed by atoms with Crippen molar-refractivity contribution in [1.82, 2.24) is 0 Å². The summed E-state index contributed by atoms with van der Waals surface area (Å²) in [5.74, 6) is -0.0630. The third-order valence-electron chi connectivity index (χ3n) is 3.88. The van der Waals surface area contributed by atoms with E-state index >= 15 is 0 Å². The molecule has 1 fully saturated rings. The highest BCUT2D eigenvalue weighted by molar-refractivity contribution is 7.92. The smallest absolute Gasteiger partial charge is 0.155 e. The van der Waals surface area contributed by atoms with Crippen LogP contribution in [0.15, 0.2) is 24.3 Å². The van der Waals surface area contributed by atoms with Crippen LogP contribution in [0.25, 0.3) is 0 Å². The van der Waals surface area contributed by atoms with E-state index in [0.29, 0.717) is 0 Å². The summed E-state index contributed by atoms with van der Waals surface area (Å²) in [5.41, 5.74) is 13.1. The van der Waals surface area contributed by atoms with Crippen molar-refractivity contribution in [3.8, 4) is 0 Å². The summed E-state index contributed by atoms with van der Waals surface area (Å²) in [7, 11) is -3.16. The number of benzene rings is 1. The number of aryl methyl sites for hydroxylation is 1. The molecule has 1 aliphatic rings. The third kappa shape index (κ3) is 1.96. The van der Waals surface area contributed by atoms with Crippen molar-refractivity contribution < 1.29 is 8.42 Å². The van der Waals surface area contributed by atoms with Crippen molar-refractivity contribution in [3.63, 3.8) is 0 Å². The fourth-order valence-corrected chi connectivity index (χ4v) is 4.66. The average molecular weight is 268 g/mol. The number of hydrogen-bond donors (Lipinski definition) is 2. The van der Waals surface area contributed by atoms with Gasteiger partial charge in [0.05, 0.1) is 10.8 Å². The lowest BCUT2D eigenvalue weighted by molar-refractivity contribution is 0.587. The highest BCUT2D eigenvalue weighted by atomic mass is 32.2. The van der Waals surface area contributed by atoms with Gasteiger partial charge in [0, 0.05) is 18.2 Å². The molecule has 4 nitrogen and oxygen atoms in total. The van der Waals surface area contributed by atoms with Gasteiger partial charge in [-0.15, -0.1) is 0 Å². The van der Waals surface area contributed by atoms with Crippen molar-refractivity contribution in [1.29, 1.82) is 0 Å². The first kappa shape index (κ1) is 13.5. The molecule has 0 bridgehead atoms. The van der Waals surface area contributed by atoms with Crippen molar-refractivity contribution >= 4 is 9.84 Å². The van der Waals surface area contributed by atoms with Crippen molar-refractivity contribution in [2.75, 3.05) is 12.3 Å². The molecular weight excluding hydrogens is 248 g/mol. The molecule has 1 aromatic rings.